The summed E-state index contributed by atoms with van der Waals surface area (Å²) < 4.78 is 4.59. The summed E-state index contributed by atoms with van der Waals surface area (Å²) in [5, 5.41) is 27.2. The van der Waals surface area contributed by atoms with E-state index in [4.69, 9.17) is 10.0 Å². The van der Waals surface area contributed by atoms with Crippen LogP contribution in [0.2, 0.25) is 0 Å². The molecule has 0 fully saturated rings. The van der Waals surface area contributed by atoms with Gasteiger partial charge in [-0.2, -0.15) is 0 Å². The van der Waals surface area contributed by atoms with Crippen molar-refractivity contribution in [1.82, 2.24) is 0 Å². The van der Waals surface area contributed by atoms with Gasteiger partial charge in [-0.3, -0.25) is 0 Å². The lowest BCUT2D eigenvalue weighted by atomic mass is 9.82. The summed E-state index contributed by atoms with van der Waals surface area (Å²) >= 11 is 0. The number of aliphatic hydroxyl groups is 1. The molecule has 0 aliphatic rings. The van der Waals surface area contributed by atoms with E-state index in [9.17, 15) is 5.11 Å². The van der Waals surface area contributed by atoms with Gasteiger partial charge in [-0.15, -0.1) is 0 Å². The van der Waals surface area contributed by atoms with Gasteiger partial charge < -0.3 is 19.8 Å². The van der Waals surface area contributed by atoms with Gasteiger partial charge in [0.15, 0.2) is 0 Å². The van der Waals surface area contributed by atoms with Crippen LogP contribution in [0.15, 0.2) is 24.3 Å². The Morgan fingerprint density at radius 1 is 1.24 bits per heavy atom. The quantitative estimate of drug-likeness (QED) is 0.684. The predicted octanol–water partition coefficient (Wildman–Crippen LogP) is 1.00. The van der Waals surface area contributed by atoms with Gasteiger partial charge in [0, 0.05) is 0 Å². The van der Waals surface area contributed by atoms with Gasteiger partial charge in [-0.1, -0.05) is 45.0 Å². The Morgan fingerprint density at radius 2 is 1.82 bits per heavy atom. The Bertz CT molecular complexity index is 360. The largest absolute Gasteiger partial charge is 0.634 e. The molecule has 0 aromatic heterocycles. The third-order valence-electron chi connectivity index (χ3n) is 2.53. The van der Waals surface area contributed by atoms with Crippen LogP contribution in [0.25, 0.3) is 0 Å². The van der Waals surface area contributed by atoms with Crippen molar-refractivity contribution >= 4 is 7.32 Å². The van der Waals surface area contributed by atoms with Crippen molar-refractivity contribution < 1.29 is 19.8 Å². The number of benzene rings is 1. The van der Waals surface area contributed by atoms with Crippen LogP contribution in [0.5, 0.6) is 0 Å². The molecule has 94 valence electrons. The molecule has 4 nitrogen and oxygen atoms in total. The summed E-state index contributed by atoms with van der Waals surface area (Å²) in [6.45, 7) is 6.02. The Kier molecular flexibility index (Phi) is 4.71. The zero-order valence-corrected chi connectivity index (χ0v) is 10.4. The maximum atomic E-state index is 9.97. The maximum absolute atomic E-state index is 9.97. The number of hydrogen-bond acceptors (Lipinski definition) is 4. The average molecular weight is 238 g/mol. The molecule has 17 heavy (non-hydrogen) atoms. The van der Waals surface area contributed by atoms with Crippen LogP contribution in [-0.4, -0.2) is 29.1 Å². The smallest absolute Gasteiger partial charge is 0.402 e. The van der Waals surface area contributed by atoms with Gasteiger partial charge in [0.25, 0.3) is 0 Å². The lowest BCUT2D eigenvalue weighted by Crippen LogP contribution is -2.23. The van der Waals surface area contributed by atoms with Gasteiger partial charge in [-0.05, 0) is 16.5 Å². The second-order valence-electron chi connectivity index (χ2n) is 5.01. The molecule has 0 radical (unpaired) electrons. The Hall–Kier alpha value is -0.875. The van der Waals surface area contributed by atoms with E-state index in [0.717, 1.165) is 11.1 Å². The van der Waals surface area contributed by atoms with Crippen LogP contribution in [0.3, 0.4) is 0 Å². The van der Waals surface area contributed by atoms with Crippen molar-refractivity contribution in [3.05, 3.63) is 35.4 Å². The first-order valence-electron chi connectivity index (χ1n) is 5.57. The number of rotatable bonds is 4. The molecule has 0 saturated heterocycles. The molecule has 1 aromatic carbocycles. The first-order valence-corrected chi connectivity index (χ1v) is 5.57. The van der Waals surface area contributed by atoms with Crippen LogP contribution in [0.4, 0.5) is 0 Å². The molecule has 0 saturated carbocycles. The van der Waals surface area contributed by atoms with Crippen LogP contribution < -0.4 is 0 Å². The van der Waals surface area contributed by atoms with E-state index in [1.54, 1.807) is 0 Å². The van der Waals surface area contributed by atoms with Crippen molar-refractivity contribution in [1.29, 1.82) is 0 Å². The first kappa shape index (κ1) is 14.2. The molecule has 0 bridgehead atoms. The fourth-order valence-electron chi connectivity index (χ4n) is 1.74. The van der Waals surface area contributed by atoms with Crippen LogP contribution in [0, 0.1) is 0 Å². The molecule has 1 rings (SSSR count). The molecule has 0 aliphatic carbocycles. The summed E-state index contributed by atoms with van der Waals surface area (Å²) in [4.78, 5) is 0. The second kappa shape index (κ2) is 5.64. The summed E-state index contributed by atoms with van der Waals surface area (Å²) in [5.41, 5.74) is 1.68. The monoisotopic (exact) mass is 238 g/mol. The van der Waals surface area contributed by atoms with Crippen molar-refractivity contribution in [3.63, 3.8) is 0 Å². The predicted molar refractivity (Wildman–Crippen MR) is 66.2 cm³/mol. The van der Waals surface area contributed by atoms with Gasteiger partial charge >= 0.3 is 7.32 Å². The van der Waals surface area contributed by atoms with E-state index in [-0.39, 0.29) is 12.0 Å². The topological polar surface area (TPSA) is 69.9 Å². The minimum Gasteiger partial charge on any atom is -0.402 e. The third-order valence-corrected chi connectivity index (χ3v) is 2.53. The molecule has 1 unspecified atom stereocenters. The fraction of sp³-hybridized carbons (Fsp3) is 0.500. The molecule has 0 aliphatic heterocycles. The lowest BCUT2D eigenvalue weighted by molar-refractivity contribution is 0.0755. The highest BCUT2D eigenvalue weighted by Gasteiger charge is 2.22. The van der Waals surface area contributed by atoms with Gasteiger partial charge in [-0.25, -0.2) is 0 Å². The van der Waals surface area contributed by atoms with Crippen LogP contribution in [-0.2, 0) is 10.1 Å². The van der Waals surface area contributed by atoms with E-state index in [1.165, 1.54) is 0 Å². The molecule has 1 atom stereocenters. The number of hydrogen-bond donors (Lipinski definition) is 3. The Balaban J connectivity index is 2.89. The Morgan fingerprint density at radius 3 is 2.35 bits per heavy atom. The van der Waals surface area contributed by atoms with Crippen molar-refractivity contribution in [2.45, 2.75) is 32.3 Å². The molecule has 0 spiro atoms. The van der Waals surface area contributed by atoms with Crippen molar-refractivity contribution in [2.75, 3.05) is 6.61 Å². The lowest BCUT2D eigenvalue weighted by Gasteiger charge is -2.25. The van der Waals surface area contributed by atoms with Crippen molar-refractivity contribution in [3.8, 4) is 0 Å². The average Bonchev–Trinajstić information content (AvgIpc) is 2.24. The van der Waals surface area contributed by atoms with Crippen molar-refractivity contribution in [2.24, 2.45) is 0 Å². The highest BCUT2D eigenvalue weighted by Crippen LogP contribution is 2.29. The highest BCUT2D eigenvalue weighted by atomic mass is 16.6. The molecule has 5 heteroatoms. The van der Waals surface area contributed by atoms with Crippen LogP contribution >= 0.6 is 0 Å². The molecule has 0 amide bonds. The van der Waals surface area contributed by atoms with Gasteiger partial charge in [0.1, 0.15) is 6.10 Å². The maximum Gasteiger partial charge on any atom is 0.634 e. The Labute approximate surface area is 102 Å². The zero-order chi connectivity index (χ0) is 13.1. The van der Waals surface area contributed by atoms with E-state index >= 15 is 0 Å². The van der Waals surface area contributed by atoms with Crippen LogP contribution in [0.1, 0.15) is 38.0 Å². The second-order valence-corrected chi connectivity index (χ2v) is 5.01. The molecular formula is C12H19BO4. The molecule has 0 heterocycles. The van der Waals surface area contributed by atoms with E-state index in [2.05, 4.69) is 25.4 Å². The standard InChI is InChI=1S/C12H19BO4/c1-12(2,3)10-7-5-4-6-9(10)11(14)8-17-13(15)16/h4-7,11,14-16H,8H2,1-3H3. The molecule has 1 aromatic rings. The highest BCUT2D eigenvalue weighted by molar-refractivity contribution is 6.32. The van der Waals surface area contributed by atoms with Gasteiger partial charge in [0.05, 0.1) is 6.61 Å². The SMILES string of the molecule is CC(C)(C)c1ccccc1C(O)COB(O)O. The minimum absolute atomic E-state index is 0.0879. The first-order chi connectivity index (χ1) is 7.82. The summed E-state index contributed by atoms with van der Waals surface area (Å²) in [6.07, 6.45) is -0.868. The summed E-state index contributed by atoms with van der Waals surface area (Å²) in [5.74, 6) is 0. The minimum atomic E-state index is -1.86. The van der Waals surface area contributed by atoms with E-state index in [0.29, 0.717) is 0 Å². The van der Waals surface area contributed by atoms with E-state index < -0.39 is 13.4 Å². The fourth-order valence-corrected chi connectivity index (χ4v) is 1.74. The zero-order valence-electron chi connectivity index (χ0n) is 10.4. The third kappa shape index (κ3) is 4.13. The molecular weight excluding hydrogens is 219 g/mol. The molecule has 3 N–H and O–H groups in total. The summed E-state index contributed by atoms with van der Waals surface area (Å²) in [6, 6.07) is 7.52. The normalized spacial score (nSPS) is 13.5. The summed E-state index contributed by atoms with van der Waals surface area (Å²) in [7, 11) is -1.86. The number of aliphatic hydroxyl groups excluding tert-OH is 1. The van der Waals surface area contributed by atoms with E-state index in [1.807, 2.05) is 24.3 Å². The van der Waals surface area contributed by atoms with Gasteiger partial charge in [0.2, 0.25) is 0 Å².